The van der Waals surface area contributed by atoms with Crippen molar-refractivity contribution >= 4 is 5.78 Å². The fourth-order valence-electron chi connectivity index (χ4n) is 2.10. The summed E-state index contributed by atoms with van der Waals surface area (Å²) in [6, 6.07) is 3.31. The Morgan fingerprint density at radius 1 is 1.33 bits per heavy atom. The highest BCUT2D eigenvalue weighted by Crippen LogP contribution is 2.31. The molecule has 0 unspecified atom stereocenters. The van der Waals surface area contributed by atoms with E-state index in [1.807, 2.05) is 19.9 Å². The monoisotopic (exact) mass is 206 g/mol. The molecule has 1 saturated carbocycles. The first kappa shape index (κ1) is 10.3. The second kappa shape index (κ2) is 3.76. The Bertz CT molecular complexity index is 382. The summed E-state index contributed by atoms with van der Waals surface area (Å²) >= 11 is 0. The van der Waals surface area contributed by atoms with Crippen molar-refractivity contribution in [3.63, 3.8) is 0 Å². The average molecular weight is 206 g/mol. The van der Waals surface area contributed by atoms with Crippen molar-refractivity contribution in [1.29, 1.82) is 0 Å². The van der Waals surface area contributed by atoms with Gasteiger partial charge >= 0.3 is 0 Å². The molecule has 0 aliphatic heterocycles. The van der Waals surface area contributed by atoms with E-state index >= 15 is 0 Å². The summed E-state index contributed by atoms with van der Waals surface area (Å²) in [5.41, 5.74) is 1.95. The predicted octanol–water partition coefficient (Wildman–Crippen LogP) is 3.43. The Morgan fingerprint density at radius 2 is 2.00 bits per heavy atom. The van der Waals surface area contributed by atoms with E-state index in [9.17, 15) is 9.18 Å². The summed E-state index contributed by atoms with van der Waals surface area (Å²) in [5.74, 6) is -0.290. The Morgan fingerprint density at radius 3 is 2.47 bits per heavy atom. The lowest BCUT2D eigenvalue weighted by Crippen LogP contribution is -2.23. The van der Waals surface area contributed by atoms with E-state index in [1.165, 1.54) is 6.07 Å². The lowest BCUT2D eigenvalue weighted by atomic mass is 9.79. The zero-order valence-corrected chi connectivity index (χ0v) is 9.14. The molecule has 2 rings (SSSR count). The molecule has 0 spiro atoms. The minimum Gasteiger partial charge on any atom is -0.294 e. The largest absolute Gasteiger partial charge is 0.294 e. The minimum atomic E-state index is -0.357. The smallest absolute Gasteiger partial charge is 0.169 e. The van der Waals surface area contributed by atoms with Crippen LogP contribution in [0.3, 0.4) is 0 Å². The van der Waals surface area contributed by atoms with Gasteiger partial charge < -0.3 is 0 Å². The van der Waals surface area contributed by atoms with Crippen molar-refractivity contribution in [3.05, 3.63) is 34.6 Å². The number of rotatable bonds is 2. The molecule has 0 saturated heterocycles. The number of Topliss-reactive ketones (excluding diaryl/α,β-unsaturated/α-hetero) is 1. The van der Waals surface area contributed by atoms with E-state index in [1.54, 1.807) is 0 Å². The standard InChI is InChI=1S/C13H15FO/c1-8-6-9(2)12(11(14)7-8)13(15)10-4-3-5-10/h6-7,10H,3-5H2,1-2H3. The van der Waals surface area contributed by atoms with Gasteiger partial charge in [-0.1, -0.05) is 12.5 Å². The van der Waals surface area contributed by atoms with Gasteiger partial charge in [0.2, 0.25) is 0 Å². The molecule has 0 amide bonds. The quantitative estimate of drug-likeness (QED) is 0.677. The number of halogens is 1. The lowest BCUT2D eigenvalue weighted by Gasteiger charge is -2.24. The van der Waals surface area contributed by atoms with Gasteiger partial charge in [-0.3, -0.25) is 4.79 Å². The zero-order chi connectivity index (χ0) is 11.0. The van der Waals surface area contributed by atoms with Crippen LogP contribution in [0.15, 0.2) is 12.1 Å². The molecule has 0 radical (unpaired) electrons. The molecular formula is C13H15FO. The van der Waals surface area contributed by atoms with Crippen LogP contribution in [0.2, 0.25) is 0 Å². The Kier molecular flexibility index (Phi) is 2.59. The maximum absolute atomic E-state index is 13.7. The van der Waals surface area contributed by atoms with Crippen LogP contribution in [0, 0.1) is 25.6 Å². The molecule has 1 aromatic carbocycles. The van der Waals surface area contributed by atoms with Crippen molar-refractivity contribution in [2.45, 2.75) is 33.1 Å². The van der Waals surface area contributed by atoms with Gasteiger partial charge in [0.25, 0.3) is 0 Å². The van der Waals surface area contributed by atoms with Gasteiger partial charge in [0, 0.05) is 5.92 Å². The van der Waals surface area contributed by atoms with Crippen LogP contribution in [0.5, 0.6) is 0 Å². The molecule has 1 nitrogen and oxygen atoms in total. The van der Waals surface area contributed by atoms with Gasteiger partial charge in [-0.2, -0.15) is 0 Å². The predicted molar refractivity (Wildman–Crippen MR) is 57.5 cm³/mol. The first-order chi connectivity index (χ1) is 7.09. The Balaban J connectivity index is 2.38. The summed E-state index contributed by atoms with van der Waals surface area (Å²) in [7, 11) is 0. The lowest BCUT2D eigenvalue weighted by molar-refractivity contribution is 0.0850. The van der Waals surface area contributed by atoms with Crippen molar-refractivity contribution in [2.75, 3.05) is 0 Å². The van der Waals surface area contributed by atoms with Gasteiger partial charge in [-0.05, 0) is 43.9 Å². The van der Waals surface area contributed by atoms with Crippen molar-refractivity contribution in [1.82, 2.24) is 0 Å². The third kappa shape index (κ3) is 1.81. The van der Waals surface area contributed by atoms with E-state index in [0.717, 1.165) is 30.4 Å². The number of hydrogen-bond acceptors (Lipinski definition) is 1. The van der Waals surface area contributed by atoms with Crippen LogP contribution in [0.25, 0.3) is 0 Å². The topological polar surface area (TPSA) is 17.1 Å². The molecule has 0 N–H and O–H groups in total. The van der Waals surface area contributed by atoms with Crippen LogP contribution in [-0.2, 0) is 0 Å². The third-order valence-electron chi connectivity index (χ3n) is 3.15. The number of ketones is 1. The molecule has 1 aliphatic carbocycles. The highest BCUT2D eigenvalue weighted by atomic mass is 19.1. The second-order valence-electron chi connectivity index (χ2n) is 4.43. The van der Waals surface area contributed by atoms with Crippen LogP contribution in [0.4, 0.5) is 4.39 Å². The average Bonchev–Trinajstić information content (AvgIpc) is 1.97. The van der Waals surface area contributed by atoms with Crippen LogP contribution in [-0.4, -0.2) is 5.78 Å². The first-order valence-electron chi connectivity index (χ1n) is 5.40. The number of carbonyl (C=O) groups is 1. The summed E-state index contributed by atoms with van der Waals surface area (Å²) in [5, 5.41) is 0. The fourth-order valence-corrected chi connectivity index (χ4v) is 2.10. The van der Waals surface area contributed by atoms with E-state index in [0.29, 0.717) is 5.56 Å². The number of hydrogen-bond donors (Lipinski definition) is 0. The molecule has 0 atom stereocenters. The molecule has 1 aliphatic rings. The molecule has 15 heavy (non-hydrogen) atoms. The molecule has 2 heteroatoms. The normalized spacial score (nSPS) is 16.2. The van der Waals surface area contributed by atoms with Crippen LogP contribution < -0.4 is 0 Å². The zero-order valence-electron chi connectivity index (χ0n) is 9.14. The van der Waals surface area contributed by atoms with Crippen LogP contribution in [0.1, 0.15) is 40.7 Å². The van der Waals surface area contributed by atoms with Gasteiger partial charge in [0.05, 0.1) is 5.56 Å². The summed E-state index contributed by atoms with van der Waals surface area (Å²) in [6.07, 6.45) is 2.94. The van der Waals surface area contributed by atoms with Gasteiger partial charge in [0.1, 0.15) is 5.82 Å². The number of aryl methyl sites for hydroxylation is 2. The van der Waals surface area contributed by atoms with E-state index in [2.05, 4.69) is 0 Å². The summed E-state index contributed by atoms with van der Waals surface area (Å²) < 4.78 is 13.7. The van der Waals surface area contributed by atoms with Crippen molar-refractivity contribution in [3.8, 4) is 0 Å². The molecule has 1 aromatic rings. The maximum atomic E-state index is 13.7. The maximum Gasteiger partial charge on any atom is 0.169 e. The van der Waals surface area contributed by atoms with Crippen LogP contribution >= 0.6 is 0 Å². The van der Waals surface area contributed by atoms with E-state index in [4.69, 9.17) is 0 Å². The second-order valence-corrected chi connectivity index (χ2v) is 4.43. The third-order valence-corrected chi connectivity index (χ3v) is 3.15. The molecule has 0 aromatic heterocycles. The summed E-state index contributed by atoms with van der Waals surface area (Å²) in [6.45, 7) is 3.65. The minimum absolute atomic E-state index is 0.00347. The van der Waals surface area contributed by atoms with Crippen molar-refractivity contribution < 1.29 is 9.18 Å². The molecule has 1 fully saturated rings. The highest BCUT2D eigenvalue weighted by Gasteiger charge is 2.29. The Hall–Kier alpha value is -1.18. The first-order valence-corrected chi connectivity index (χ1v) is 5.40. The SMILES string of the molecule is Cc1cc(C)c(C(=O)C2CCC2)c(F)c1. The molecule has 0 bridgehead atoms. The van der Waals surface area contributed by atoms with Crippen molar-refractivity contribution in [2.24, 2.45) is 5.92 Å². The van der Waals surface area contributed by atoms with E-state index in [-0.39, 0.29) is 17.5 Å². The number of benzene rings is 1. The van der Waals surface area contributed by atoms with Gasteiger partial charge in [-0.25, -0.2) is 4.39 Å². The molecule has 80 valence electrons. The number of carbonyl (C=O) groups excluding carboxylic acids is 1. The fraction of sp³-hybridized carbons (Fsp3) is 0.462. The Labute approximate surface area is 89.3 Å². The van der Waals surface area contributed by atoms with E-state index < -0.39 is 0 Å². The molecule has 0 heterocycles. The summed E-state index contributed by atoms with van der Waals surface area (Å²) in [4.78, 5) is 11.9. The van der Waals surface area contributed by atoms with Gasteiger partial charge in [-0.15, -0.1) is 0 Å². The molecular weight excluding hydrogens is 191 g/mol. The van der Waals surface area contributed by atoms with Gasteiger partial charge in [0.15, 0.2) is 5.78 Å². The highest BCUT2D eigenvalue weighted by molar-refractivity contribution is 5.99.